The molecule has 5 rings (SSSR count). The monoisotopic (exact) mass is 513 g/mol. The Morgan fingerprint density at radius 1 is 1.05 bits per heavy atom. The predicted molar refractivity (Wildman–Crippen MR) is 135 cm³/mol. The molecule has 1 atom stereocenters. The van der Waals surface area contributed by atoms with E-state index in [2.05, 4.69) is 5.32 Å². The molecule has 0 unspecified atom stereocenters. The lowest BCUT2D eigenvalue weighted by atomic mass is 9.92. The Balaban J connectivity index is 1.63. The number of fused-ring (bicyclic) bond motifs is 3. The first-order valence-corrected chi connectivity index (χ1v) is 12.6. The molecule has 3 aromatic rings. The van der Waals surface area contributed by atoms with Crippen molar-refractivity contribution in [3.05, 3.63) is 59.8 Å². The SMILES string of the molecule is COc1ccc2cc3n(c2c1)C[C@@](C)(C(=O)NC1CCCCCC1)N(c1cccc(C(F)(F)F)c1)C3=O. The number of anilines is 1. The van der Waals surface area contributed by atoms with E-state index in [0.717, 1.165) is 61.6 Å². The molecular formula is C28H30F3N3O3. The average Bonchev–Trinajstić information content (AvgIpc) is 3.03. The summed E-state index contributed by atoms with van der Waals surface area (Å²) in [5.74, 6) is -0.300. The molecule has 2 amide bonds. The van der Waals surface area contributed by atoms with Gasteiger partial charge in [-0.2, -0.15) is 13.2 Å². The first-order valence-electron chi connectivity index (χ1n) is 12.6. The highest BCUT2D eigenvalue weighted by molar-refractivity contribution is 6.14. The number of carbonyl (C=O) groups is 2. The number of nitrogens with zero attached hydrogens (tertiary/aromatic N) is 2. The molecule has 196 valence electrons. The molecule has 1 aliphatic heterocycles. The number of amides is 2. The molecule has 0 bridgehead atoms. The van der Waals surface area contributed by atoms with Crippen LogP contribution in [-0.4, -0.2) is 35.1 Å². The third-order valence-electron chi connectivity index (χ3n) is 7.60. The van der Waals surface area contributed by atoms with Crippen molar-refractivity contribution in [3.8, 4) is 5.75 Å². The number of methoxy groups -OCH3 is 1. The van der Waals surface area contributed by atoms with Gasteiger partial charge in [0.1, 0.15) is 17.0 Å². The third kappa shape index (κ3) is 4.55. The lowest BCUT2D eigenvalue weighted by Crippen LogP contribution is -2.65. The molecule has 2 aromatic carbocycles. The van der Waals surface area contributed by atoms with Crippen molar-refractivity contribution in [3.63, 3.8) is 0 Å². The van der Waals surface area contributed by atoms with Gasteiger partial charge in [-0.15, -0.1) is 0 Å². The van der Waals surface area contributed by atoms with Crippen molar-refractivity contribution in [2.24, 2.45) is 0 Å². The number of hydrogen-bond acceptors (Lipinski definition) is 3. The topological polar surface area (TPSA) is 63.6 Å². The standard InChI is InChI=1S/C28H30F3N3O3/c1-27(26(36)32-20-9-5-3-4-6-10-20)17-33-23-16-22(37-2)13-12-18(23)14-24(33)25(35)34(27)21-11-7-8-19(15-21)28(29,30)31/h7-8,11-16,20H,3-6,9-10,17H2,1-2H3,(H,32,36)/t27-/m0/s1. The van der Waals surface area contributed by atoms with E-state index in [1.807, 2.05) is 6.07 Å². The van der Waals surface area contributed by atoms with Crippen molar-refractivity contribution in [2.45, 2.75) is 69.8 Å². The second-order valence-electron chi connectivity index (χ2n) is 10.2. The van der Waals surface area contributed by atoms with Crippen LogP contribution in [0.3, 0.4) is 0 Å². The molecule has 0 saturated heterocycles. The van der Waals surface area contributed by atoms with Gasteiger partial charge in [0.2, 0.25) is 5.91 Å². The Hall–Kier alpha value is -3.49. The molecule has 1 aromatic heterocycles. The maximum Gasteiger partial charge on any atom is 0.416 e. The second kappa shape index (κ2) is 9.43. The molecule has 37 heavy (non-hydrogen) atoms. The van der Waals surface area contributed by atoms with Crippen molar-refractivity contribution < 1.29 is 27.5 Å². The van der Waals surface area contributed by atoms with Crippen LogP contribution >= 0.6 is 0 Å². The Bertz CT molecular complexity index is 1340. The Kier molecular flexibility index (Phi) is 6.41. The predicted octanol–water partition coefficient (Wildman–Crippen LogP) is 5.93. The normalized spacial score (nSPS) is 21.0. The highest BCUT2D eigenvalue weighted by atomic mass is 19.4. The molecule has 9 heteroatoms. The van der Waals surface area contributed by atoms with Crippen LogP contribution in [0.1, 0.15) is 61.5 Å². The summed E-state index contributed by atoms with van der Waals surface area (Å²) in [6, 6.07) is 11.7. The Labute approximate surface area is 213 Å². The molecule has 2 aliphatic rings. The summed E-state index contributed by atoms with van der Waals surface area (Å²) < 4.78 is 47.9. The fraction of sp³-hybridized carbons (Fsp3) is 0.429. The largest absolute Gasteiger partial charge is 0.497 e. The third-order valence-corrected chi connectivity index (χ3v) is 7.60. The molecule has 2 heterocycles. The Morgan fingerprint density at radius 3 is 2.46 bits per heavy atom. The summed E-state index contributed by atoms with van der Waals surface area (Å²) in [5, 5.41) is 3.91. The summed E-state index contributed by atoms with van der Waals surface area (Å²) in [4.78, 5) is 29.2. The fourth-order valence-corrected chi connectivity index (χ4v) is 5.59. The van der Waals surface area contributed by atoms with E-state index < -0.39 is 23.2 Å². The maximum absolute atomic E-state index is 14.0. The molecule has 1 saturated carbocycles. The summed E-state index contributed by atoms with van der Waals surface area (Å²) in [6.07, 6.45) is 1.33. The molecule has 1 aliphatic carbocycles. The van der Waals surface area contributed by atoms with Gasteiger partial charge in [-0.3, -0.25) is 14.5 Å². The number of ether oxygens (including phenoxy) is 1. The van der Waals surface area contributed by atoms with Crippen LogP contribution < -0.4 is 15.0 Å². The smallest absolute Gasteiger partial charge is 0.416 e. The van der Waals surface area contributed by atoms with E-state index >= 15 is 0 Å². The van der Waals surface area contributed by atoms with E-state index in [9.17, 15) is 22.8 Å². The lowest BCUT2D eigenvalue weighted by Gasteiger charge is -2.44. The number of hydrogen-bond donors (Lipinski definition) is 1. The number of aromatic nitrogens is 1. The number of alkyl halides is 3. The zero-order chi connectivity index (χ0) is 26.4. The van der Waals surface area contributed by atoms with Crippen molar-refractivity contribution in [1.29, 1.82) is 0 Å². The van der Waals surface area contributed by atoms with E-state index in [1.54, 1.807) is 36.8 Å². The van der Waals surface area contributed by atoms with Gasteiger partial charge in [-0.1, -0.05) is 31.7 Å². The maximum atomic E-state index is 14.0. The highest BCUT2D eigenvalue weighted by Crippen LogP contribution is 2.39. The molecular weight excluding hydrogens is 483 g/mol. The minimum absolute atomic E-state index is 0.0341. The Morgan fingerprint density at radius 2 is 1.78 bits per heavy atom. The van der Waals surface area contributed by atoms with Crippen molar-refractivity contribution in [1.82, 2.24) is 9.88 Å². The van der Waals surface area contributed by atoms with Gasteiger partial charge >= 0.3 is 6.18 Å². The van der Waals surface area contributed by atoms with Crippen LogP contribution in [0.5, 0.6) is 5.75 Å². The molecule has 0 spiro atoms. The molecule has 1 N–H and O–H groups in total. The van der Waals surface area contributed by atoms with Crippen LogP contribution in [0, 0.1) is 0 Å². The summed E-state index contributed by atoms with van der Waals surface area (Å²) in [7, 11) is 1.55. The van der Waals surface area contributed by atoms with Crippen molar-refractivity contribution >= 4 is 28.4 Å². The fourth-order valence-electron chi connectivity index (χ4n) is 5.59. The average molecular weight is 514 g/mol. The van der Waals surface area contributed by atoms with Gasteiger partial charge in [-0.25, -0.2) is 0 Å². The quantitative estimate of drug-likeness (QED) is 0.440. The van der Waals surface area contributed by atoms with E-state index in [4.69, 9.17) is 4.74 Å². The van der Waals surface area contributed by atoms with Crippen LogP contribution in [0.15, 0.2) is 48.5 Å². The van der Waals surface area contributed by atoms with Gasteiger partial charge in [0.15, 0.2) is 0 Å². The van der Waals surface area contributed by atoms with E-state index in [0.29, 0.717) is 11.4 Å². The highest BCUT2D eigenvalue weighted by Gasteiger charge is 2.49. The van der Waals surface area contributed by atoms with Gasteiger partial charge < -0.3 is 14.6 Å². The molecule has 1 fully saturated rings. The van der Waals surface area contributed by atoms with E-state index in [-0.39, 0.29) is 24.2 Å². The van der Waals surface area contributed by atoms with Gasteiger partial charge in [0.05, 0.1) is 24.7 Å². The number of rotatable bonds is 4. The minimum Gasteiger partial charge on any atom is -0.497 e. The van der Waals surface area contributed by atoms with Crippen LogP contribution in [0.25, 0.3) is 10.9 Å². The van der Waals surface area contributed by atoms with Gasteiger partial charge in [0.25, 0.3) is 5.91 Å². The lowest BCUT2D eigenvalue weighted by molar-refractivity contribution is -0.137. The number of benzene rings is 2. The van der Waals surface area contributed by atoms with Gasteiger partial charge in [0, 0.05) is 23.2 Å². The summed E-state index contributed by atoms with van der Waals surface area (Å²) >= 11 is 0. The molecule has 0 radical (unpaired) electrons. The first kappa shape index (κ1) is 25.2. The molecule has 6 nitrogen and oxygen atoms in total. The zero-order valence-electron chi connectivity index (χ0n) is 20.9. The number of carbonyl (C=O) groups excluding carboxylic acids is 2. The summed E-state index contributed by atoms with van der Waals surface area (Å²) in [6.45, 7) is 1.71. The van der Waals surface area contributed by atoms with Crippen LogP contribution in [-0.2, 0) is 17.5 Å². The summed E-state index contributed by atoms with van der Waals surface area (Å²) in [5.41, 5.74) is -1.27. The first-order chi connectivity index (χ1) is 17.6. The van der Waals surface area contributed by atoms with Crippen molar-refractivity contribution in [2.75, 3.05) is 12.0 Å². The minimum atomic E-state index is -4.58. The van der Waals surface area contributed by atoms with Crippen LogP contribution in [0.4, 0.5) is 18.9 Å². The van der Waals surface area contributed by atoms with E-state index in [1.165, 1.54) is 17.0 Å². The zero-order valence-corrected chi connectivity index (χ0v) is 20.9. The number of nitrogens with one attached hydrogen (secondary N) is 1. The van der Waals surface area contributed by atoms with Gasteiger partial charge in [-0.05, 0) is 56.2 Å². The second-order valence-corrected chi connectivity index (χ2v) is 10.2. The number of halogens is 3. The van der Waals surface area contributed by atoms with Crippen LogP contribution in [0.2, 0.25) is 0 Å².